The van der Waals surface area contributed by atoms with Gasteiger partial charge in [-0.05, 0) is 24.3 Å². The summed E-state index contributed by atoms with van der Waals surface area (Å²) in [6.45, 7) is 7.85. The molecule has 1 heterocycles. The molecule has 1 aliphatic heterocycles. The van der Waals surface area contributed by atoms with Gasteiger partial charge in [-0.1, -0.05) is 206 Å². The molecule has 0 bridgehead atoms. The zero-order valence-corrected chi connectivity index (χ0v) is 38.3. The van der Waals surface area contributed by atoms with Crippen LogP contribution < -0.4 is 10.6 Å². The third-order valence-corrected chi connectivity index (χ3v) is 12.0. The van der Waals surface area contributed by atoms with Gasteiger partial charge in [-0.3, -0.25) is 9.59 Å². The van der Waals surface area contributed by atoms with E-state index in [9.17, 15) is 29.7 Å². The van der Waals surface area contributed by atoms with Crippen molar-refractivity contribution in [1.82, 2.24) is 15.5 Å². The van der Waals surface area contributed by atoms with Crippen molar-refractivity contribution in [2.24, 2.45) is 5.92 Å². The van der Waals surface area contributed by atoms with Crippen molar-refractivity contribution in [3.63, 3.8) is 0 Å². The number of alkyl carbamates (subject to hydrolysis) is 1. The van der Waals surface area contributed by atoms with Crippen molar-refractivity contribution in [3.05, 3.63) is 35.9 Å². The van der Waals surface area contributed by atoms with Crippen LogP contribution in [-0.2, 0) is 25.7 Å². The molecule has 2 rings (SSSR count). The van der Waals surface area contributed by atoms with Crippen LogP contribution in [0.25, 0.3) is 0 Å². The zero-order chi connectivity index (χ0) is 43.8. The van der Waals surface area contributed by atoms with Gasteiger partial charge in [0.15, 0.2) is 6.23 Å². The minimum atomic E-state index is -1.54. The van der Waals surface area contributed by atoms with Gasteiger partial charge in [0.1, 0.15) is 37.0 Å². The molecular formula is C49H87N3O8. The lowest BCUT2D eigenvalue weighted by atomic mass is 9.93. The van der Waals surface area contributed by atoms with Crippen molar-refractivity contribution >= 4 is 17.9 Å². The molecule has 1 aliphatic rings. The van der Waals surface area contributed by atoms with Gasteiger partial charge in [0, 0.05) is 13.0 Å². The first-order valence-electron chi connectivity index (χ1n) is 24.3. The second-order valence-electron chi connectivity index (χ2n) is 17.7. The number of ether oxygens (including phenoxy) is 2. The molecule has 1 aromatic carbocycles. The second kappa shape index (κ2) is 33.8. The summed E-state index contributed by atoms with van der Waals surface area (Å²) in [6, 6.07) is 6.96. The van der Waals surface area contributed by atoms with Crippen molar-refractivity contribution in [3.8, 4) is 0 Å². The third-order valence-electron chi connectivity index (χ3n) is 12.0. The minimum absolute atomic E-state index is 0.0283. The fourth-order valence-corrected chi connectivity index (χ4v) is 8.16. The molecule has 0 unspecified atom stereocenters. The van der Waals surface area contributed by atoms with Gasteiger partial charge in [-0.15, -0.1) is 0 Å². The van der Waals surface area contributed by atoms with Crippen LogP contribution in [0.5, 0.6) is 0 Å². The molecule has 0 spiro atoms. The van der Waals surface area contributed by atoms with Crippen LogP contribution in [0.1, 0.15) is 200 Å². The molecule has 0 aliphatic carbocycles. The molecule has 5 N–H and O–H groups in total. The number of amides is 3. The second-order valence-corrected chi connectivity index (χ2v) is 17.7. The SMILES string of the molecule is CCCCCCCCCCCCCCCCCC(=O)N(CCCCCCCCCCCC)[C@@H]1O[C@H](CO)[C@@H](O)[C@H](O)[C@H]1NC(=O)[C@@H](NC(=O)OCc1ccccc1)C(C)C. The van der Waals surface area contributed by atoms with Gasteiger partial charge in [0.2, 0.25) is 11.8 Å². The van der Waals surface area contributed by atoms with E-state index in [0.717, 1.165) is 44.1 Å². The first-order chi connectivity index (χ1) is 29.1. The minimum Gasteiger partial charge on any atom is -0.445 e. The summed E-state index contributed by atoms with van der Waals surface area (Å²) in [7, 11) is 0. The van der Waals surface area contributed by atoms with Gasteiger partial charge in [-0.25, -0.2) is 4.79 Å². The van der Waals surface area contributed by atoms with Crippen molar-refractivity contribution < 1.29 is 39.2 Å². The van der Waals surface area contributed by atoms with Gasteiger partial charge >= 0.3 is 6.09 Å². The molecule has 0 aromatic heterocycles. The average molecular weight is 846 g/mol. The molecular weight excluding hydrogens is 759 g/mol. The van der Waals surface area contributed by atoms with Crippen LogP contribution in [-0.4, -0.2) is 87.9 Å². The highest BCUT2D eigenvalue weighted by Gasteiger charge is 2.48. The Labute approximate surface area is 364 Å². The predicted molar refractivity (Wildman–Crippen MR) is 241 cm³/mol. The highest BCUT2D eigenvalue weighted by Crippen LogP contribution is 2.26. The molecule has 0 saturated carbocycles. The van der Waals surface area contributed by atoms with Crippen LogP contribution in [0.3, 0.4) is 0 Å². The van der Waals surface area contributed by atoms with Crippen LogP contribution in [0.2, 0.25) is 0 Å². The van der Waals surface area contributed by atoms with Crippen LogP contribution in [0.15, 0.2) is 30.3 Å². The molecule has 1 aromatic rings. The zero-order valence-electron chi connectivity index (χ0n) is 38.3. The Balaban J connectivity index is 2.04. The van der Waals surface area contributed by atoms with Crippen molar-refractivity contribution in [2.75, 3.05) is 13.2 Å². The Kier molecular flexibility index (Phi) is 30.1. The molecule has 1 fully saturated rings. The first-order valence-corrected chi connectivity index (χ1v) is 24.3. The van der Waals surface area contributed by atoms with Gasteiger partial charge in [-0.2, -0.15) is 0 Å². The highest BCUT2D eigenvalue weighted by atomic mass is 16.6. The summed E-state index contributed by atoms with van der Waals surface area (Å²) in [5.41, 5.74) is 0.799. The summed E-state index contributed by atoms with van der Waals surface area (Å²) in [5, 5.41) is 38.1. The van der Waals surface area contributed by atoms with Gasteiger partial charge < -0.3 is 40.3 Å². The Hall–Kier alpha value is -2.73. The molecule has 11 heteroatoms. The first kappa shape index (κ1) is 53.4. The summed E-state index contributed by atoms with van der Waals surface area (Å²) < 4.78 is 11.6. The number of aliphatic hydroxyl groups excluding tert-OH is 3. The number of unbranched alkanes of at least 4 members (excludes halogenated alkanes) is 23. The fourth-order valence-electron chi connectivity index (χ4n) is 8.16. The van der Waals surface area contributed by atoms with E-state index in [4.69, 9.17) is 9.47 Å². The molecule has 6 atom stereocenters. The number of nitrogens with one attached hydrogen (secondary N) is 2. The molecule has 60 heavy (non-hydrogen) atoms. The van der Waals surface area contributed by atoms with Gasteiger partial charge in [0.25, 0.3) is 0 Å². The summed E-state index contributed by atoms with van der Waals surface area (Å²) in [4.78, 5) is 42.4. The lowest BCUT2D eigenvalue weighted by Gasteiger charge is -2.47. The van der Waals surface area contributed by atoms with Crippen LogP contribution in [0.4, 0.5) is 4.79 Å². The molecule has 346 valence electrons. The number of hydrogen-bond donors (Lipinski definition) is 5. The molecule has 0 radical (unpaired) electrons. The van der Waals surface area contributed by atoms with Crippen LogP contribution in [0, 0.1) is 5.92 Å². The third kappa shape index (κ3) is 22.4. The largest absolute Gasteiger partial charge is 0.445 e. The summed E-state index contributed by atoms with van der Waals surface area (Å²) in [6.07, 6.45) is 23.9. The number of carbonyl (C=O) groups excluding carboxylic acids is 3. The fraction of sp³-hybridized carbons (Fsp3) is 0.816. The number of rotatable bonds is 35. The Morgan fingerprint density at radius 3 is 1.62 bits per heavy atom. The number of aliphatic hydroxyl groups is 3. The van der Waals surface area contributed by atoms with E-state index in [1.54, 1.807) is 18.7 Å². The normalized spacial score (nSPS) is 19.6. The summed E-state index contributed by atoms with van der Waals surface area (Å²) in [5.74, 6) is -1.12. The van der Waals surface area contributed by atoms with E-state index in [-0.39, 0.29) is 18.4 Å². The maximum atomic E-state index is 14.1. The number of nitrogens with zero attached hydrogens (tertiary/aromatic N) is 1. The Morgan fingerprint density at radius 2 is 1.15 bits per heavy atom. The van der Waals surface area contributed by atoms with E-state index in [1.165, 1.54) is 109 Å². The standard InChI is InChI=1S/C49H87N3O8/c1-5-7-9-11-13-15-17-18-19-20-21-22-24-26-31-35-42(54)52(36-32-27-25-23-16-14-12-10-8-6-2)48-44(46(56)45(55)41(37-53)60-48)50-47(57)43(39(3)4)51-49(58)59-38-40-33-29-28-30-34-40/h28-30,33-34,39,41,43-46,48,53,55-56H,5-27,31-32,35-38H2,1-4H3,(H,50,57)(H,51,58)/t41-,43+,44-,45-,46-,48-/m1/s1. The number of benzene rings is 1. The smallest absolute Gasteiger partial charge is 0.408 e. The number of carbonyl (C=O) groups is 3. The highest BCUT2D eigenvalue weighted by molar-refractivity contribution is 5.86. The van der Waals surface area contributed by atoms with Gasteiger partial charge in [0.05, 0.1) is 6.61 Å². The average Bonchev–Trinajstić information content (AvgIpc) is 3.24. The van der Waals surface area contributed by atoms with Crippen molar-refractivity contribution in [2.45, 2.75) is 238 Å². The van der Waals surface area contributed by atoms with Crippen LogP contribution >= 0.6 is 0 Å². The number of hydrogen-bond acceptors (Lipinski definition) is 8. The van der Waals surface area contributed by atoms with E-state index >= 15 is 0 Å². The molecule has 1 saturated heterocycles. The van der Waals surface area contributed by atoms with E-state index in [0.29, 0.717) is 25.8 Å². The monoisotopic (exact) mass is 846 g/mol. The Morgan fingerprint density at radius 1 is 0.683 bits per heavy atom. The van der Waals surface area contributed by atoms with E-state index in [2.05, 4.69) is 24.5 Å². The predicted octanol–water partition coefficient (Wildman–Crippen LogP) is 9.87. The quantitative estimate of drug-likeness (QED) is 0.0423. The summed E-state index contributed by atoms with van der Waals surface area (Å²) >= 11 is 0. The molecule has 3 amide bonds. The van der Waals surface area contributed by atoms with E-state index < -0.39 is 55.2 Å². The van der Waals surface area contributed by atoms with E-state index in [1.807, 2.05) is 30.3 Å². The maximum Gasteiger partial charge on any atom is 0.408 e. The lowest BCUT2D eigenvalue weighted by molar-refractivity contribution is -0.231. The Bertz CT molecular complexity index is 1240. The lowest BCUT2D eigenvalue weighted by Crippen LogP contribution is -2.70. The maximum absolute atomic E-state index is 14.1. The van der Waals surface area contributed by atoms with Crippen molar-refractivity contribution in [1.29, 1.82) is 0 Å². The topological polar surface area (TPSA) is 158 Å². The molecule has 11 nitrogen and oxygen atoms in total.